The first-order valence-electron chi connectivity index (χ1n) is 5.47. The van der Waals surface area contributed by atoms with Crippen LogP contribution in [0.15, 0.2) is 23.1 Å². The molecule has 16 heavy (non-hydrogen) atoms. The molecule has 0 fully saturated rings. The molecule has 0 radical (unpaired) electrons. The summed E-state index contributed by atoms with van der Waals surface area (Å²) >= 11 is 7.56. The van der Waals surface area contributed by atoms with Crippen LogP contribution in [0.1, 0.15) is 26.2 Å². The quantitative estimate of drug-likeness (QED) is 0.886. The summed E-state index contributed by atoms with van der Waals surface area (Å²) in [5, 5.41) is 3.68. The number of hydrogen-bond acceptors (Lipinski definition) is 2. The normalized spacial score (nSPS) is 19.1. The van der Waals surface area contributed by atoms with Crippen molar-refractivity contribution < 1.29 is 4.79 Å². The number of thioether (sulfide) groups is 1. The summed E-state index contributed by atoms with van der Waals surface area (Å²) in [4.78, 5) is 12.9. The third kappa shape index (κ3) is 2.53. The Bertz CT molecular complexity index is 408. The van der Waals surface area contributed by atoms with Crippen molar-refractivity contribution in [2.45, 2.75) is 36.3 Å². The van der Waals surface area contributed by atoms with Crippen LogP contribution < -0.4 is 5.32 Å². The molecule has 1 heterocycles. The second-order valence-corrected chi connectivity index (χ2v) is 5.56. The fraction of sp³-hybridized carbons (Fsp3) is 0.417. The Morgan fingerprint density at radius 3 is 3.06 bits per heavy atom. The molecule has 1 N–H and O–H groups in total. The molecule has 2 rings (SSSR count). The van der Waals surface area contributed by atoms with Gasteiger partial charge in [0.2, 0.25) is 5.91 Å². The van der Waals surface area contributed by atoms with Crippen LogP contribution >= 0.6 is 23.4 Å². The summed E-state index contributed by atoms with van der Waals surface area (Å²) in [7, 11) is 0. The van der Waals surface area contributed by atoms with Gasteiger partial charge in [0.15, 0.2) is 0 Å². The minimum absolute atomic E-state index is 0.0333. The molecule has 1 atom stereocenters. The third-order valence-corrected chi connectivity index (χ3v) is 4.14. The number of unbranched alkanes of at least 4 members (excludes halogenated alkanes) is 1. The van der Waals surface area contributed by atoms with Crippen molar-refractivity contribution in [1.29, 1.82) is 0 Å². The predicted molar refractivity (Wildman–Crippen MR) is 69.3 cm³/mol. The average molecular weight is 256 g/mol. The van der Waals surface area contributed by atoms with Gasteiger partial charge in [-0.1, -0.05) is 31.4 Å². The molecule has 1 aromatic carbocycles. The van der Waals surface area contributed by atoms with Crippen molar-refractivity contribution in [3.63, 3.8) is 0 Å². The molecule has 0 saturated heterocycles. The maximum Gasteiger partial charge on any atom is 0.237 e. The number of carbonyl (C=O) groups excluding carboxylic acids is 1. The van der Waals surface area contributed by atoms with Crippen molar-refractivity contribution >= 4 is 35.0 Å². The standard InChI is InChI=1S/C12H14ClNOS/c1-2-3-4-10-12(15)14-9-6-5-8(13)7-11(9)16-10/h5-7,10H,2-4H2,1H3,(H,14,15). The van der Waals surface area contributed by atoms with E-state index < -0.39 is 0 Å². The molecule has 0 aliphatic carbocycles. The Kier molecular flexibility index (Phi) is 3.77. The second kappa shape index (κ2) is 5.11. The zero-order valence-corrected chi connectivity index (χ0v) is 10.7. The molecule has 1 aliphatic heterocycles. The monoisotopic (exact) mass is 255 g/mol. The van der Waals surface area contributed by atoms with E-state index in [9.17, 15) is 4.79 Å². The first-order chi connectivity index (χ1) is 7.70. The van der Waals surface area contributed by atoms with Gasteiger partial charge in [-0.2, -0.15) is 0 Å². The lowest BCUT2D eigenvalue weighted by Crippen LogP contribution is -2.28. The van der Waals surface area contributed by atoms with Gasteiger partial charge >= 0.3 is 0 Å². The van der Waals surface area contributed by atoms with E-state index in [0.717, 1.165) is 34.9 Å². The van der Waals surface area contributed by atoms with E-state index in [1.54, 1.807) is 17.8 Å². The van der Waals surface area contributed by atoms with Crippen molar-refractivity contribution in [1.82, 2.24) is 0 Å². The molecular weight excluding hydrogens is 242 g/mol. The maximum atomic E-state index is 11.8. The smallest absolute Gasteiger partial charge is 0.237 e. The first kappa shape index (κ1) is 11.8. The average Bonchev–Trinajstić information content (AvgIpc) is 2.27. The van der Waals surface area contributed by atoms with Gasteiger partial charge in [0.25, 0.3) is 0 Å². The summed E-state index contributed by atoms with van der Waals surface area (Å²) in [5.41, 5.74) is 0.882. The highest BCUT2D eigenvalue weighted by atomic mass is 35.5. The van der Waals surface area contributed by atoms with E-state index in [-0.39, 0.29) is 11.2 Å². The van der Waals surface area contributed by atoms with Gasteiger partial charge in [-0.15, -0.1) is 11.8 Å². The molecule has 86 valence electrons. The zero-order chi connectivity index (χ0) is 11.5. The number of hydrogen-bond donors (Lipinski definition) is 1. The Morgan fingerprint density at radius 1 is 1.50 bits per heavy atom. The van der Waals surface area contributed by atoms with Gasteiger partial charge < -0.3 is 5.32 Å². The van der Waals surface area contributed by atoms with Gasteiger partial charge in [-0.05, 0) is 24.6 Å². The lowest BCUT2D eigenvalue weighted by molar-refractivity contribution is -0.115. The molecule has 0 spiro atoms. The van der Waals surface area contributed by atoms with E-state index in [4.69, 9.17) is 11.6 Å². The van der Waals surface area contributed by atoms with Crippen LogP contribution in [0.25, 0.3) is 0 Å². The van der Waals surface area contributed by atoms with E-state index in [1.807, 2.05) is 12.1 Å². The summed E-state index contributed by atoms with van der Waals surface area (Å²) in [6, 6.07) is 5.58. The van der Waals surface area contributed by atoms with Gasteiger partial charge in [0, 0.05) is 9.92 Å². The Balaban J connectivity index is 2.16. The molecule has 1 amide bonds. The second-order valence-electron chi connectivity index (χ2n) is 3.88. The third-order valence-electron chi connectivity index (χ3n) is 2.58. The molecule has 0 aromatic heterocycles. The van der Waals surface area contributed by atoms with Crippen molar-refractivity contribution in [3.8, 4) is 0 Å². The highest BCUT2D eigenvalue weighted by molar-refractivity contribution is 8.01. The van der Waals surface area contributed by atoms with Gasteiger partial charge in [-0.25, -0.2) is 0 Å². The summed E-state index contributed by atoms with van der Waals surface area (Å²) < 4.78 is 0. The van der Waals surface area contributed by atoms with E-state index >= 15 is 0 Å². The van der Waals surface area contributed by atoms with Crippen molar-refractivity contribution in [2.24, 2.45) is 0 Å². The fourth-order valence-corrected chi connectivity index (χ4v) is 3.13. The number of amides is 1. The summed E-state index contributed by atoms with van der Waals surface area (Å²) in [5.74, 6) is 0.119. The van der Waals surface area contributed by atoms with E-state index in [1.165, 1.54) is 0 Å². The molecule has 1 unspecified atom stereocenters. The lowest BCUT2D eigenvalue weighted by Gasteiger charge is -2.24. The predicted octanol–water partition coefficient (Wildman–Crippen LogP) is 3.94. The van der Waals surface area contributed by atoms with E-state index in [2.05, 4.69) is 12.2 Å². The van der Waals surface area contributed by atoms with Crippen LogP contribution in [0.4, 0.5) is 5.69 Å². The molecule has 0 bridgehead atoms. The van der Waals surface area contributed by atoms with Crippen molar-refractivity contribution in [2.75, 3.05) is 5.32 Å². The molecule has 1 aromatic rings. The maximum absolute atomic E-state index is 11.8. The number of nitrogens with one attached hydrogen (secondary N) is 1. The number of carbonyl (C=O) groups is 1. The van der Waals surface area contributed by atoms with Crippen LogP contribution in [0.3, 0.4) is 0 Å². The first-order valence-corrected chi connectivity index (χ1v) is 6.73. The minimum atomic E-state index is 0.0333. The van der Waals surface area contributed by atoms with Crippen LogP contribution in [0.5, 0.6) is 0 Å². The fourth-order valence-electron chi connectivity index (χ4n) is 1.70. The van der Waals surface area contributed by atoms with Crippen LogP contribution in [0.2, 0.25) is 5.02 Å². The Morgan fingerprint density at radius 2 is 2.31 bits per heavy atom. The lowest BCUT2D eigenvalue weighted by atomic mass is 10.2. The van der Waals surface area contributed by atoms with Gasteiger partial charge in [-0.3, -0.25) is 4.79 Å². The largest absolute Gasteiger partial charge is 0.324 e. The topological polar surface area (TPSA) is 29.1 Å². The van der Waals surface area contributed by atoms with Crippen molar-refractivity contribution in [3.05, 3.63) is 23.2 Å². The van der Waals surface area contributed by atoms with Crippen LogP contribution in [0, 0.1) is 0 Å². The Labute approximate surface area is 105 Å². The SMILES string of the molecule is CCCCC1Sc2cc(Cl)ccc2NC1=O. The number of benzene rings is 1. The molecular formula is C12H14ClNOS. The molecule has 4 heteroatoms. The van der Waals surface area contributed by atoms with Gasteiger partial charge in [0.05, 0.1) is 10.9 Å². The number of anilines is 1. The van der Waals surface area contributed by atoms with Crippen LogP contribution in [-0.4, -0.2) is 11.2 Å². The number of rotatable bonds is 3. The molecule has 0 saturated carbocycles. The zero-order valence-electron chi connectivity index (χ0n) is 9.13. The van der Waals surface area contributed by atoms with Crippen LogP contribution in [-0.2, 0) is 4.79 Å². The number of halogens is 1. The van der Waals surface area contributed by atoms with E-state index in [0.29, 0.717) is 0 Å². The minimum Gasteiger partial charge on any atom is -0.324 e. The number of fused-ring (bicyclic) bond motifs is 1. The van der Waals surface area contributed by atoms with Gasteiger partial charge in [0.1, 0.15) is 0 Å². The Hall–Kier alpha value is -0.670. The summed E-state index contributed by atoms with van der Waals surface area (Å²) in [6.07, 6.45) is 3.13. The summed E-state index contributed by atoms with van der Waals surface area (Å²) in [6.45, 7) is 2.14. The molecule has 2 nitrogen and oxygen atoms in total. The highest BCUT2D eigenvalue weighted by Gasteiger charge is 2.26. The highest BCUT2D eigenvalue weighted by Crippen LogP contribution is 2.38. The molecule has 1 aliphatic rings.